The van der Waals surface area contributed by atoms with Crippen LogP contribution in [0.15, 0.2) is 36.5 Å². The smallest absolute Gasteiger partial charge is 0.341 e. The van der Waals surface area contributed by atoms with Gasteiger partial charge in [-0.05, 0) is 54.5 Å². The van der Waals surface area contributed by atoms with Crippen LogP contribution < -0.4 is 10.6 Å². The summed E-state index contributed by atoms with van der Waals surface area (Å²) in [6, 6.07) is 8.32. The van der Waals surface area contributed by atoms with E-state index < -0.39 is 36.4 Å². The van der Waals surface area contributed by atoms with E-state index in [1.54, 1.807) is 13.0 Å². The first kappa shape index (κ1) is 29.7. The third-order valence-electron chi connectivity index (χ3n) is 6.13. The van der Waals surface area contributed by atoms with E-state index in [1.807, 2.05) is 6.07 Å². The number of rotatable bonds is 7. The zero-order valence-corrected chi connectivity index (χ0v) is 23.5. The molecule has 3 aromatic heterocycles. The average Bonchev–Trinajstić information content (AvgIpc) is 3.70. The second-order valence-corrected chi connectivity index (χ2v) is 10.7. The van der Waals surface area contributed by atoms with Crippen LogP contribution in [0.25, 0.3) is 5.82 Å². The normalized spacial score (nSPS) is 14.9. The van der Waals surface area contributed by atoms with E-state index in [2.05, 4.69) is 36.1 Å². The zero-order valence-electron chi connectivity index (χ0n) is 21.9. The molecule has 1 aliphatic heterocycles. The highest BCUT2D eigenvalue weighted by atomic mass is 35.5. The first-order valence-corrected chi connectivity index (χ1v) is 13.7. The molecule has 0 saturated carbocycles. The van der Waals surface area contributed by atoms with E-state index in [1.165, 1.54) is 30.5 Å². The predicted molar refractivity (Wildman–Crippen MR) is 145 cm³/mol. The van der Waals surface area contributed by atoms with Gasteiger partial charge in [-0.3, -0.25) is 14.4 Å². The summed E-state index contributed by atoms with van der Waals surface area (Å²) in [5, 5.41) is 28.7. The van der Waals surface area contributed by atoms with Gasteiger partial charge in [0.25, 0.3) is 17.6 Å². The summed E-state index contributed by atoms with van der Waals surface area (Å²) in [6.07, 6.45) is -2.97. The Hall–Kier alpha value is -4.82. The number of pyridine rings is 1. The monoisotopic (exact) mass is 630 g/mol. The van der Waals surface area contributed by atoms with Crippen LogP contribution in [0, 0.1) is 18.3 Å². The molecule has 1 atom stereocenters. The zero-order chi connectivity index (χ0) is 30.9. The molecule has 1 aliphatic rings. The van der Waals surface area contributed by atoms with Crippen LogP contribution in [-0.2, 0) is 17.5 Å². The molecule has 0 spiro atoms. The molecular weight excluding hydrogens is 613 g/mol. The highest BCUT2D eigenvalue weighted by Crippen LogP contribution is 2.28. The van der Waals surface area contributed by atoms with Gasteiger partial charge in [0.2, 0.25) is 5.12 Å². The standard InChI is InChI=1S/C25H18ClF3N10O3S/c1-12-7-13(10-30)8-15(21(40)32-17-4-6-43-23(17)42)19(12)33-22(41)18-9-14(11-38-36-24(34-37-38)25(27,28)29)35-39(18)20-16(26)3-2-5-31-20/h2-3,5,7-9,17H,4,6,11H2,1H3,(H,32,40)(H,33,41). The largest absolute Gasteiger partial charge is 0.455 e. The van der Waals surface area contributed by atoms with Crippen molar-refractivity contribution in [3.63, 3.8) is 0 Å². The summed E-state index contributed by atoms with van der Waals surface area (Å²) in [5.41, 5.74) is 0.447. The Morgan fingerprint density at radius 2 is 2.02 bits per heavy atom. The SMILES string of the molecule is Cc1cc(C#N)cc(C(=O)NC2CCSC2=O)c1NC(=O)c1cc(Cn2nnc(C(F)(F)F)n2)nn1-c1ncccc1Cl. The van der Waals surface area contributed by atoms with E-state index in [4.69, 9.17) is 11.6 Å². The van der Waals surface area contributed by atoms with Crippen molar-refractivity contribution in [1.29, 1.82) is 5.26 Å². The Kier molecular flexibility index (Phi) is 8.15. The Bertz CT molecular complexity index is 1800. The number of halogens is 4. The minimum atomic E-state index is -4.81. The molecule has 220 valence electrons. The second-order valence-electron chi connectivity index (χ2n) is 9.15. The Morgan fingerprint density at radius 3 is 2.67 bits per heavy atom. The van der Waals surface area contributed by atoms with Crippen molar-refractivity contribution in [2.75, 3.05) is 11.1 Å². The Labute approximate surface area is 249 Å². The number of nitrogens with one attached hydrogen (secondary N) is 2. The number of aromatic nitrogens is 7. The van der Waals surface area contributed by atoms with E-state index in [9.17, 15) is 32.8 Å². The molecule has 0 bridgehead atoms. The quantitative estimate of drug-likeness (QED) is 0.309. The molecule has 2 amide bonds. The fourth-order valence-corrected chi connectivity index (χ4v) is 5.30. The highest BCUT2D eigenvalue weighted by Gasteiger charge is 2.37. The number of carbonyl (C=O) groups excluding carboxylic acids is 3. The Morgan fingerprint density at radius 1 is 1.23 bits per heavy atom. The van der Waals surface area contributed by atoms with E-state index >= 15 is 0 Å². The molecule has 0 aliphatic carbocycles. The minimum absolute atomic E-state index is 0.0369. The number of nitriles is 1. The lowest BCUT2D eigenvalue weighted by Crippen LogP contribution is -2.37. The van der Waals surface area contributed by atoms with Crippen LogP contribution in [0.5, 0.6) is 0 Å². The fraction of sp³-hybridized carbons (Fsp3) is 0.240. The molecule has 1 aromatic carbocycles. The summed E-state index contributed by atoms with van der Waals surface area (Å²) in [7, 11) is 0. The lowest BCUT2D eigenvalue weighted by Gasteiger charge is -2.17. The van der Waals surface area contributed by atoms with Crippen molar-refractivity contribution >= 4 is 46.0 Å². The maximum absolute atomic E-state index is 13.7. The van der Waals surface area contributed by atoms with Crippen molar-refractivity contribution < 1.29 is 27.6 Å². The van der Waals surface area contributed by atoms with Crippen molar-refractivity contribution in [3.8, 4) is 11.9 Å². The number of thioether (sulfide) groups is 1. The first-order valence-electron chi connectivity index (χ1n) is 12.3. The molecule has 1 unspecified atom stereocenters. The van der Waals surface area contributed by atoms with Gasteiger partial charge in [0, 0.05) is 11.9 Å². The summed E-state index contributed by atoms with van der Waals surface area (Å²) >= 11 is 7.40. The molecule has 2 N–H and O–H groups in total. The third-order valence-corrected chi connectivity index (χ3v) is 7.43. The number of benzene rings is 1. The number of aryl methyl sites for hydroxylation is 1. The lowest BCUT2D eigenvalue weighted by atomic mass is 10.0. The van der Waals surface area contributed by atoms with Crippen LogP contribution in [0.4, 0.5) is 18.9 Å². The topological polar surface area (TPSA) is 173 Å². The van der Waals surface area contributed by atoms with Crippen molar-refractivity contribution in [2.24, 2.45) is 0 Å². The third kappa shape index (κ3) is 6.34. The molecule has 5 rings (SSSR count). The molecule has 4 heterocycles. The van der Waals surface area contributed by atoms with E-state index in [0.29, 0.717) is 22.5 Å². The molecule has 1 saturated heterocycles. The van der Waals surface area contributed by atoms with E-state index in [-0.39, 0.29) is 44.2 Å². The minimum Gasteiger partial charge on any atom is -0.341 e. The van der Waals surface area contributed by atoms with Gasteiger partial charge in [-0.2, -0.15) is 28.3 Å². The van der Waals surface area contributed by atoms with Gasteiger partial charge in [0.05, 0.1) is 39.6 Å². The maximum Gasteiger partial charge on any atom is 0.455 e. The van der Waals surface area contributed by atoms with Gasteiger partial charge in [-0.15, -0.1) is 10.2 Å². The number of nitrogens with zero attached hydrogens (tertiary/aromatic N) is 8. The molecule has 18 heteroatoms. The van der Waals surface area contributed by atoms with Gasteiger partial charge >= 0.3 is 6.18 Å². The Balaban J connectivity index is 1.51. The molecule has 43 heavy (non-hydrogen) atoms. The van der Waals surface area contributed by atoms with Crippen LogP contribution in [0.1, 0.15) is 49.9 Å². The molecule has 0 radical (unpaired) electrons. The average molecular weight is 631 g/mol. The van der Waals surface area contributed by atoms with Crippen LogP contribution in [-0.4, -0.2) is 63.7 Å². The van der Waals surface area contributed by atoms with Crippen molar-refractivity contribution in [2.45, 2.75) is 32.1 Å². The number of hydrogen-bond donors (Lipinski definition) is 2. The van der Waals surface area contributed by atoms with Crippen LogP contribution >= 0.6 is 23.4 Å². The summed E-state index contributed by atoms with van der Waals surface area (Å²) in [4.78, 5) is 43.9. The summed E-state index contributed by atoms with van der Waals surface area (Å²) in [5.74, 6) is -2.32. The predicted octanol–water partition coefficient (Wildman–Crippen LogP) is 3.17. The first-order chi connectivity index (χ1) is 20.4. The number of tetrazole rings is 1. The summed E-state index contributed by atoms with van der Waals surface area (Å²) in [6.45, 7) is 1.19. The van der Waals surface area contributed by atoms with Crippen molar-refractivity contribution in [3.05, 3.63) is 75.5 Å². The number of alkyl halides is 3. The number of amides is 2. The van der Waals surface area contributed by atoms with Crippen LogP contribution in [0.3, 0.4) is 0 Å². The molecule has 1 fully saturated rings. The molecule has 4 aromatic rings. The summed E-state index contributed by atoms with van der Waals surface area (Å²) < 4.78 is 39.9. The van der Waals surface area contributed by atoms with Gasteiger partial charge in [-0.25, -0.2) is 9.67 Å². The molecule has 13 nitrogen and oxygen atoms in total. The van der Waals surface area contributed by atoms with Gasteiger partial charge < -0.3 is 10.6 Å². The maximum atomic E-state index is 13.7. The second kappa shape index (κ2) is 11.8. The highest BCUT2D eigenvalue weighted by molar-refractivity contribution is 8.14. The fourth-order valence-electron chi connectivity index (χ4n) is 4.17. The lowest BCUT2D eigenvalue weighted by molar-refractivity contribution is -0.145. The van der Waals surface area contributed by atoms with Gasteiger partial charge in [0.1, 0.15) is 12.2 Å². The van der Waals surface area contributed by atoms with E-state index in [0.717, 1.165) is 16.4 Å². The van der Waals surface area contributed by atoms with Crippen LogP contribution in [0.2, 0.25) is 5.02 Å². The number of carbonyl (C=O) groups is 3. The molecular formula is C25H18ClF3N10O3S. The number of anilines is 1. The van der Waals surface area contributed by atoms with Gasteiger partial charge in [0.15, 0.2) is 5.82 Å². The van der Waals surface area contributed by atoms with Gasteiger partial charge in [-0.1, -0.05) is 23.4 Å². The number of hydrogen-bond acceptors (Lipinski definition) is 10. The van der Waals surface area contributed by atoms with Crippen molar-refractivity contribution in [1.82, 2.24) is 40.3 Å².